The fourth-order valence-corrected chi connectivity index (χ4v) is 2.63. The van der Waals surface area contributed by atoms with E-state index in [1.54, 1.807) is 0 Å². The number of carbonyl (C=O) groups excluding carboxylic acids is 1. The van der Waals surface area contributed by atoms with E-state index in [0.717, 1.165) is 11.3 Å². The molecule has 5 nitrogen and oxygen atoms in total. The number of hydrogen-bond donors (Lipinski definition) is 1. The Morgan fingerprint density at radius 1 is 1.32 bits per heavy atom. The number of para-hydroxylation sites is 1. The number of nitriles is 1. The first-order valence-electron chi connectivity index (χ1n) is 7.75. The van der Waals surface area contributed by atoms with Crippen LogP contribution in [0.3, 0.4) is 0 Å². The number of rotatable bonds is 6. The molecular formula is C19H19ClN2O3. The molecule has 0 heterocycles. The van der Waals surface area contributed by atoms with Crippen molar-refractivity contribution in [2.24, 2.45) is 0 Å². The summed E-state index contributed by atoms with van der Waals surface area (Å²) in [5.41, 5.74) is 2.15. The second-order valence-corrected chi connectivity index (χ2v) is 6.09. The molecule has 0 aliphatic rings. The number of carbonyl (C=O) groups is 1. The van der Waals surface area contributed by atoms with E-state index in [2.05, 4.69) is 19.2 Å². The van der Waals surface area contributed by atoms with Crippen LogP contribution in [0.25, 0.3) is 0 Å². The molecule has 25 heavy (non-hydrogen) atoms. The molecule has 0 aromatic heterocycles. The van der Waals surface area contributed by atoms with E-state index in [4.69, 9.17) is 26.3 Å². The molecular weight excluding hydrogens is 340 g/mol. The van der Waals surface area contributed by atoms with E-state index in [0.29, 0.717) is 11.3 Å². The maximum absolute atomic E-state index is 12.2. The molecule has 0 saturated carbocycles. The zero-order valence-corrected chi connectivity index (χ0v) is 15.1. The van der Waals surface area contributed by atoms with Crippen molar-refractivity contribution in [2.45, 2.75) is 19.8 Å². The van der Waals surface area contributed by atoms with Gasteiger partial charge in [-0.15, -0.1) is 0 Å². The lowest BCUT2D eigenvalue weighted by Gasteiger charge is -2.15. The van der Waals surface area contributed by atoms with E-state index in [1.807, 2.05) is 30.3 Å². The third-order valence-electron chi connectivity index (χ3n) is 3.56. The molecule has 6 heteroatoms. The van der Waals surface area contributed by atoms with Crippen LogP contribution in [0.15, 0.2) is 36.4 Å². The molecule has 0 bridgehead atoms. The molecule has 1 N–H and O–H groups in total. The van der Waals surface area contributed by atoms with Gasteiger partial charge in [0.1, 0.15) is 0 Å². The van der Waals surface area contributed by atoms with Crippen LogP contribution < -0.4 is 14.8 Å². The fourth-order valence-electron chi connectivity index (χ4n) is 2.36. The van der Waals surface area contributed by atoms with Gasteiger partial charge in [-0.05, 0) is 23.6 Å². The van der Waals surface area contributed by atoms with Gasteiger partial charge < -0.3 is 14.8 Å². The van der Waals surface area contributed by atoms with Gasteiger partial charge in [0, 0.05) is 11.8 Å². The van der Waals surface area contributed by atoms with Gasteiger partial charge in [-0.1, -0.05) is 43.6 Å². The first-order valence-corrected chi connectivity index (χ1v) is 8.13. The van der Waals surface area contributed by atoms with E-state index in [1.165, 1.54) is 19.2 Å². The van der Waals surface area contributed by atoms with Crippen LogP contribution in [0.2, 0.25) is 5.02 Å². The van der Waals surface area contributed by atoms with Gasteiger partial charge in [0.2, 0.25) is 0 Å². The number of benzene rings is 2. The van der Waals surface area contributed by atoms with Gasteiger partial charge in [0.15, 0.2) is 18.1 Å². The summed E-state index contributed by atoms with van der Waals surface area (Å²) >= 11 is 6.11. The highest BCUT2D eigenvalue weighted by atomic mass is 35.5. The molecule has 1 amide bonds. The molecule has 0 spiro atoms. The standard InChI is InChI=1S/C19H19ClN2O3/c1-12(2)14-6-4-5-7-16(14)22-18(23)11-25-19-15(20)8-13(10-21)9-17(19)24-3/h4-9,12H,11H2,1-3H3,(H,22,23). The molecule has 2 aromatic carbocycles. The number of hydrogen-bond acceptors (Lipinski definition) is 4. The van der Waals surface area contributed by atoms with Crippen LogP contribution in [-0.2, 0) is 4.79 Å². The summed E-state index contributed by atoms with van der Waals surface area (Å²) in [5.74, 6) is 0.510. The van der Waals surface area contributed by atoms with Crippen molar-refractivity contribution in [1.82, 2.24) is 0 Å². The minimum Gasteiger partial charge on any atom is -0.493 e. The van der Waals surface area contributed by atoms with Crippen molar-refractivity contribution < 1.29 is 14.3 Å². The average Bonchev–Trinajstić information content (AvgIpc) is 2.60. The molecule has 0 aliphatic heterocycles. The Kier molecular flexibility index (Phi) is 6.26. The smallest absolute Gasteiger partial charge is 0.262 e. The number of halogens is 1. The summed E-state index contributed by atoms with van der Waals surface area (Å²) in [7, 11) is 1.44. The highest BCUT2D eigenvalue weighted by molar-refractivity contribution is 6.32. The van der Waals surface area contributed by atoms with Gasteiger partial charge in [-0.25, -0.2) is 0 Å². The summed E-state index contributed by atoms with van der Waals surface area (Å²) < 4.78 is 10.7. The summed E-state index contributed by atoms with van der Waals surface area (Å²) in [6, 6.07) is 12.6. The molecule has 0 aliphatic carbocycles. The Hall–Kier alpha value is -2.71. The third kappa shape index (κ3) is 4.65. The van der Waals surface area contributed by atoms with Crippen molar-refractivity contribution in [3.05, 3.63) is 52.5 Å². The van der Waals surface area contributed by atoms with Gasteiger partial charge >= 0.3 is 0 Å². The highest BCUT2D eigenvalue weighted by Crippen LogP contribution is 2.36. The lowest BCUT2D eigenvalue weighted by atomic mass is 10.0. The van der Waals surface area contributed by atoms with Crippen molar-refractivity contribution in [2.75, 3.05) is 19.0 Å². The van der Waals surface area contributed by atoms with Crippen LogP contribution in [0, 0.1) is 11.3 Å². The molecule has 0 atom stereocenters. The zero-order chi connectivity index (χ0) is 18.4. The second-order valence-electron chi connectivity index (χ2n) is 5.68. The normalized spacial score (nSPS) is 10.2. The third-order valence-corrected chi connectivity index (χ3v) is 3.84. The number of amides is 1. The van der Waals surface area contributed by atoms with Gasteiger partial charge in [0.05, 0.1) is 23.8 Å². The van der Waals surface area contributed by atoms with Crippen LogP contribution in [-0.4, -0.2) is 19.6 Å². The Balaban J connectivity index is 2.10. The average molecular weight is 359 g/mol. The number of anilines is 1. The predicted octanol–water partition coefficient (Wildman–Crippen LogP) is 4.36. The lowest BCUT2D eigenvalue weighted by molar-refractivity contribution is -0.118. The minimum absolute atomic E-state index is 0.214. The van der Waals surface area contributed by atoms with E-state index in [9.17, 15) is 4.79 Å². The first-order chi connectivity index (χ1) is 12.0. The van der Waals surface area contributed by atoms with Gasteiger partial charge in [-0.2, -0.15) is 5.26 Å². The molecule has 130 valence electrons. The van der Waals surface area contributed by atoms with E-state index in [-0.39, 0.29) is 29.2 Å². The monoisotopic (exact) mass is 358 g/mol. The molecule has 2 rings (SSSR count). The Labute approximate surface area is 152 Å². The van der Waals surface area contributed by atoms with Crippen molar-refractivity contribution in [3.8, 4) is 17.6 Å². The summed E-state index contributed by atoms with van der Waals surface area (Å²) in [6.07, 6.45) is 0. The number of nitrogens with zero attached hydrogens (tertiary/aromatic N) is 1. The second kappa shape index (κ2) is 8.41. The first kappa shape index (κ1) is 18.6. The highest BCUT2D eigenvalue weighted by Gasteiger charge is 2.15. The van der Waals surface area contributed by atoms with Gasteiger partial charge in [0.25, 0.3) is 5.91 Å². The van der Waals surface area contributed by atoms with E-state index < -0.39 is 0 Å². The quantitative estimate of drug-likeness (QED) is 0.832. The Morgan fingerprint density at radius 2 is 2.04 bits per heavy atom. The number of methoxy groups -OCH3 is 1. The molecule has 0 saturated heterocycles. The maximum Gasteiger partial charge on any atom is 0.262 e. The largest absolute Gasteiger partial charge is 0.493 e. The predicted molar refractivity (Wildman–Crippen MR) is 97.4 cm³/mol. The summed E-state index contributed by atoms with van der Waals surface area (Å²) in [4.78, 5) is 12.2. The van der Waals surface area contributed by atoms with Crippen molar-refractivity contribution in [1.29, 1.82) is 5.26 Å². The summed E-state index contributed by atoms with van der Waals surface area (Å²) in [6.45, 7) is 3.89. The fraction of sp³-hybridized carbons (Fsp3) is 0.263. The molecule has 0 unspecified atom stereocenters. The van der Waals surface area contributed by atoms with Crippen LogP contribution in [0.5, 0.6) is 11.5 Å². The number of nitrogens with one attached hydrogen (secondary N) is 1. The van der Waals surface area contributed by atoms with E-state index >= 15 is 0 Å². The molecule has 0 fully saturated rings. The Bertz CT molecular complexity index is 813. The molecule has 2 aromatic rings. The van der Waals surface area contributed by atoms with Gasteiger partial charge in [-0.3, -0.25) is 4.79 Å². The van der Waals surface area contributed by atoms with Crippen LogP contribution >= 0.6 is 11.6 Å². The number of ether oxygens (including phenoxy) is 2. The SMILES string of the molecule is COc1cc(C#N)cc(Cl)c1OCC(=O)Nc1ccccc1C(C)C. The maximum atomic E-state index is 12.2. The lowest BCUT2D eigenvalue weighted by Crippen LogP contribution is -2.21. The zero-order valence-electron chi connectivity index (χ0n) is 14.3. The van der Waals surface area contributed by atoms with Crippen LogP contribution in [0.4, 0.5) is 5.69 Å². The Morgan fingerprint density at radius 3 is 2.68 bits per heavy atom. The van der Waals surface area contributed by atoms with Crippen molar-refractivity contribution >= 4 is 23.2 Å². The summed E-state index contributed by atoms with van der Waals surface area (Å²) in [5, 5.41) is 12.0. The minimum atomic E-state index is -0.310. The van der Waals surface area contributed by atoms with Crippen molar-refractivity contribution in [3.63, 3.8) is 0 Å². The molecule has 0 radical (unpaired) electrons. The topological polar surface area (TPSA) is 71.3 Å². The van der Waals surface area contributed by atoms with Crippen LogP contribution in [0.1, 0.15) is 30.9 Å².